The predicted molar refractivity (Wildman–Crippen MR) is 92.8 cm³/mol. The first-order valence-electron chi connectivity index (χ1n) is 7.47. The molecule has 0 heterocycles. The van der Waals surface area contributed by atoms with Crippen molar-refractivity contribution in [2.24, 2.45) is 0 Å². The van der Waals surface area contributed by atoms with E-state index in [2.05, 4.69) is 61.8 Å². The summed E-state index contributed by atoms with van der Waals surface area (Å²) in [5, 5.41) is 10.7. The lowest BCUT2D eigenvalue weighted by Gasteiger charge is -2.20. The molecule has 0 spiro atoms. The molecule has 2 heteroatoms. The SMILES string of the molecule is CC(C)c1ccc(C(O)c2ccc(Br)cc2)c(C(C)C)c1. The van der Waals surface area contributed by atoms with Gasteiger partial charge in [0.15, 0.2) is 0 Å². The van der Waals surface area contributed by atoms with E-state index in [0.29, 0.717) is 11.8 Å². The second-order valence-corrected chi connectivity index (χ2v) is 7.07. The molecule has 0 aliphatic carbocycles. The van der Waals surface area contributed by atoms with Crippen LogP contribution in [0.5, 0.6) is 0 Å². The van der Waals surface area contributed by atoms with Gasteiger partial charge in [0, 0.05) is 4.47 Å². The maximum Gasteiger partial charge on any atom is 0.104 e. The third-order valence-electron chi connectivity index (χ3n) is 3.88. The summed E-state index contributed by atoms with van der Waals surface area (Å²) in [6, 6.07) is 14.3. The quantitative estimate of drug-likeness (QED) is 0.743. The zero-order valence-electron chi connectivity index (χ0n) is 13.1. The van der Waals surface area contributed by atoms with Crippen molar-refractivity contribution in [1.29, 1.82) is 0 Å². The van der Waals surface area contributed by atoms with Crippen molar-refractivity contribution < 1.29 is 5.11 Å². The van der Waals surface area contributed by atoms with Gasteiger partial charge in [-0.1, -0.05) is 74.0 Å². The molecule has 2 aromatic carbocycles. The molecular formula is C19H23BrO. The highest BCUT2D eigenvalue weighted by Gasteiger charge is 2.17. The number of rotatable bonds is 4. The Balaban J connectivity index is 2.44. The number of aliphatic hydroxyl groups is 1. The normalized spacial score (nSPS) is 13.0. The van der Waals surface area contributed by atoms with Crippen molar-refractivity contribution >= 4 is 15.9 Å². The van der Waals surface area contributed by atoms with Crippen molar-refractivity contribution in [1.82, 2.24) is 0 Å². The minimum Gasteiger partial charge on any atom is -0.384 e. The van der Waals surface area contributed by atoms with Crippen LogP contribution in [0.2, 0.25) is 0 Å². The first kappa shape index (κ1) is 16.3. The lowest BCUT2D eigenvalue weighted by atomic mass is 9.87. The van der Waals surface area contributed by atoms with E-state index in [1.807, 2.05) is 24.3 Å². The number of benzene rings is 2. The Hall–Kier alpha value is -1.12. The second kappa shape index (κ2) is 6.76. The molecule has 0 aliphatic rings. The first-order valence-corrected chi connectivity index (χ1v) is 8.26. The Morgan fingerprint density at radius 3 is 1.86 bits per heavy atom. The minimum atomic E-state index is -0.572. The molecule has 2 aromatic rings. The molecule has 0 aliphatic heterocycles. The molecule has 1 nitrogen and oxygen atoms in total. The zero-order valence-corrected chi connectivity index (χ0v) is 14.7. The Bertz CT molecular complexity index is 599. The van der Waals surface area contributed by atoms with E-state index in [9.17, 15) is 5.11 Å². The zero-order chi connectivity index (χ0) is 15.6. The highest BCUT2D eigenvalue weighted by atomic mass is 79.9. The average molecular weight is 347 g/mol. The summed E-state index contributed by atoms with van der Waals surface area (Å²) in [5.74, 6) is 0.894. The van der Waals surface area contributed by atoms with Crippen LogP contribution in [0.3, 0.4) is 0 Å². The smallest absolute Gasteiger partial charge is 0.104 e. The molecule has 0 bridgehead atoms. The largest absolute Gasteiger partial charge is 0.384 e. The molecule has 0 radical (unpaired) electrons. The number of aliphatic hydroxyl groups excluding tert-OH is 1. The van der Waals surface area contributed by atoms with Crippen LogP contribution in [0.1, 0.15) is 67.9 Å². The Morgan fingerprint density at radius 1 is 0.762 bits per heavy atom. The summed E-state index contributed by atoms with van der Waals surface area (Å²) < 4.78 is 1.03. The van der Waals surface area contributed by atoms with Gasteiger partial charge in [-0.05, 0) is 46.2 Å². The van der Waals surface area contributed by atoms with Crippen LogP contribution in [0.15, 0.2) is 46.9 Å². The standard InChI is InChI=1S/C19H23BrO/c1-12(2)15-7-10-17(18(11-15)13(3)4)19(21)14-5-8-16(20)9-6-14/h5-13,19,21H,1-4H3. The fraction of sp³-hybridized carbons (Fsp3) is 0.368. The summed E-state index contributed by atoms with van der Waals surface area (Å²) in [5.41, 5.74) is 4.50. The molecule has 1 N–H and O–H groups in total. The van der Waals surface area contributed by atoms with Crippen molar-refractivity contribution in [2.75, 3.05) is 0 Å². The van der Waals surface area contributed by atoms with E-state index in [-0.39, 0.29) is 0 Å². The highest BCUT2D eigenvalue weighted by Crippen LogP contribution is 2.32. The predicted octanol–water partition coefficient (Wildman–Crippen LogP) is 5.78. The van der Waals surface area contributed by atoms with Crippen molar-refractivity contribution in [3.63, 3.8) is 0 Å². The van der Waals surface area contributed by atoms with Crippen LogP contribution >= 0.6 is 15.9 Å². The summed E-state index contributed by atoms with van der Waals surface area (Å²) in [4.78, 5) is 0. The topological polar surface area (TPSA) is 20.2 Å². The average Bonchev–Trinajstić information content (AvgIpc) is 2.46. The fourth-order valence-corrected chi connectivity index (χ4v) is 2.79. The number of hydrogen-bond donors (Lipinski definition) is 1. The number of halogens is 1. The summed E-state index contributed by atoms with van der Waals surface area (Å²) in [6.07, 6.45) is -0.572. The molecule has 1 unspecified atom stereocenters. The molecule has 0 fully saturated rings. The van der Waals surface area contributed by atoms with E-state index in [4.69, 9.17) is 0 Å². The summed E-state index contributed by atoms with van der Waals surface area (Å²) in [7, 11) is 0. The molecule has 0 aromatic heterocycles. The minimum absolute atomic E-state index is 0.392. The van der Waals surface area contributed by atoms with Crippen LogP contribution in [0.4, 0.5) is 0 Å². The lowest BCUT2D eigenvalue weighted by Crippen LogP contribution is -2.06. The summed E-state index contributed by atoms with van der Waals surface area (Å²) in [6.45, 7) is 8.75. The van der Waals surface area contributed by atoms with Gasteiger partial charge in [-0.2, -0.15) is 0 Å². The maximum absolute atomic E-state index is 10.7. The van der Waals surface area contributed by atoms with Gasteiger partial charge in [0.1, 0.15) is 6.10 Å². The Morgan fingerprint density at radius 2 is 1.33 bits per heavy atom. The van der Waals surface area contributed by atoms with E-state index in [1.165, 1.54) is 11.1 Å². The second-order valence-electron chi connectivity index (χ2n) is 6.15. The van der Waals surface area contributed by atoms with Crippen LogP contribution in [0.25, 0.3) is 0 Å². The Kier molecular flexibility index (Phi) is 5.23. The van der Waals surface area contributed by atoms with Gasteiger partial charge in [-0.3, -0.25) is 0 Å². The van der Waals surface area contributed by atoms with Gasteiger partial charge in [-0.15, -0.1) is 0 Å². The number of hydrogen-bond acceptors (Lipinski definition) is 1. The van der Waals surface area contributed by atoms with Crippen LogP contribution in [0, 0.1) is 0 Å². The third-order valence-corrected chi connectivity index (χ3v) is 4.41. The monoisotopic (exact) mass is 346 g/mol. The van der Waals surface area contributed by atoms with E-state index < -0.39 is 6.10 Å². The van der Waals surface area contributed by atoms with Crippen molar-refractivity contribution in [2.45, 2.75) is 45.6 Å². The van der Waals surface area contributed by atoms with E-state index >= 15 is 0 Å². The van der Waals surface area contributed by atoms with Crippen LogP contribution in [-0.2, 0) is 0 Å². The van der Waals surface area contributed by atoms with E-state index in [0.717, 1.165) is 15.6 Å². The van der Waals surface area contributed by atoms with Crippen LogP contribution in [-0.4, -0.2) is 5.11 Å². The fourth-order valence-electron chi connectivity index (χ4n) is 2.53. The van der Waals surface area contributed by atoms with Gasteiger partial charge in [-0.25, -0.2) is 0 Å². The molecular weight excluding hydrogens is 324 g/mol. The lowest BCUT2D eigenvalue weighted by molar-refractivity contribution is 0.218. The van der Waals surface area contributed by atoms with Crippen molar-refractivity contribution in [3.8, 4) is 0 Å². The highest BCUT2D eigenvalue weighted by molar-refractivity contribution is 9.10. The van der Waals surface area contributed by atoms with Crippen LogP contribution < -0.4 is 0 Å². The molecule has 0 saturated heterocycles. The Labute approximate surface area is 136 Å². The molecule has 0 amide bonds. The maximum atomic E-state index is 10.7. The van der Waals surface area contributed by atoms with Gasteiger partial charge in [0.05, 0.1) is 0 Å². The van der Waals surface area contributed by atoms with Crippen molar-refractivity contribution in [3.05, 3.63) is 69.2 Å². The molecule has 0 saturated carbocycles. The van der Waals surface area contributed by atoms with Gasteiger partial charge in [0.25, 0.3) is 0 Å². The molecule has 112 valence electrons. The van der Waals surface area contributed by atoms with E-state index in [1.54, 1.807) is 0 Å². The molecule has 2 rings (SSSR count). The van der Waals surface area contributed by atoms with Gasteiger partial charge < -0.3 is 5.11 Å². The summed E-state index contributed by atoms with van der Waals surface area (Å²) >= 11 is 3.43. The third kappa shape index (κ3) is 3.75. The first-order chi connectivity index (χ1) is 9.90. The molecule has 21 heavy (non-hydrogen) atoms. The van der Waals surface area contributed by atoms with Gasteiger partial charge in [0.2, 0.25) is 0 Å². The molecule has 1 atom stereocenters. The van der Waals surface area contributed by atoms with Gasteiger partial charge >= 0.3 is 0 Å².